The van der Waals surface area contributed by atoms with Gasteiger partial charge >= 0.3 is 0 Å². The van der Waals surface area contributed by atoms with Crippen molar-refractivity contribution in [3.63, 3.8) is 0 Å². The predicted molar refractivity (Wildman–Crippen MR) is 222 cm³/mol. The number of carbonyl (C=O) groups excluding carboxylic acids is 4. The van der Waals surface area contributed by atoms with Gasteiger partial charge in [0.2, 0.25) is 11.8 Å². The van der Waals surface area contributed by atoms with Crippen LogP contribution in [0.2, 0.25) is 0 Å². The Balaban J connectivity index is 0.686. The number of amides is 4. The molecule has 0 spiro atoms. The minimum Gasteiger partial charge on any atom is -0.457 e. The van der Waals surface area contributed by atoms with E-state index in [0.29, 0.717) is 40.9 Å². The van der Waals surface area contributed by atoms with Gasteiger partial charge in [-0.1, -0.05) is 18.2 Å². The molecule has 5 aliphatic heterocycles. The van der Waals surface area contributed by atoms with Gasteiger partial charge in [-0.05, 0) is 98.5 Å². The van der Waals surface area contributed by atoms with Gasteiger partial charge in [0.25, 0.3) is 11.8 Å². The van der Waals surface area contributed by atoms with E-state index in [1.54, 1.807) is 12.1 Å². The Kier molecular flexibility index (Phi) is 8.92. The fourth-order valence-corrected chi connectivity index (χ4v) is 10.6. The summed E-state index contributed by atoms with van der Waals surface area (Å²) in [5.74, 6) is 1.38. The number of benzene rings is 3. The topological polar surface area (TPSA) is 172 Å². The van der Waals surface area contributed by atoms with E-state index >= 15 is 0 Å². The maximum atomic E-state index is 13.4. The summed E-state index contributed by atoms with van der Waals surface area (Å²) in [6.45, 7) is 6.24. The Labute approximate surface area is 346 Å². The van der Waals surface area contributed by atoms with Crippen LogP contribution >= 0.6 is 0 Å². The first-order chi connectivity index (χ1) is 29.3. The van der Waals surface area contributed by atoms with Crippen molar-refractivity contribution in [2.24, 2.45) is 11.8 Å². The van der Waals surface area contributed by atoms with Crippen molar-refractivity contribution in [1.29, 1.82) is 0 Å². The van der Waals surface area contributed by atoms with Gasteiger partial charge in [0.1, 0.15) is 35.4 Å². The molecule has 7 heterocycles. The second-order valence-electron chi connectivity index (χ2n) is 17.3. The maximum absolute atomic E-state index is 13.4. The summed E-state index contributed by atoms with van der Waals surface area (Å²) in [6.07, 6.45) is 6.08. The molecule has 3 unspecified atom stereocenters. The van der Waals surface area contributed by atoms with Crippen molar-refractivity contribution in [3.8, 4) is 22.8 Å². The summed E-state index contributed by atoms with van der Waals surface area (Å²) < 4.78 is 8.12. The standard InChI is InChI=1S/C45H46N10O5/c46-41-39-40(26-6-13-34(14-7-26)60-33-4-2-1-3-5-33)50-55(42(39)48-25-47-41)30-10-8-29(9-11-30)51-19-27-21-52(22-28(27)20-51)32-23-53(24-32)31-12-15-35-36(18-31)45(59)54(44(35)58)37-16-17-38(56)49-43(37)57/h1-7,12-15,18,25,27-30,32,37H,8-11,16-17,19-24H2,(H2,46,47,48)(H,49,56,57). The number of fused-ring (bicyclic) bond motifs is 3. The molecule has 15 nitrogen and oxygen atoms in total. The van der Waals surface area contributed by atoms with Gasteiger partial charge in [0.05, 0.1) is 22.6 Å². The lowest BCUT2D eigenvalue weighted by atomic mass is 9.90. The van der Waals surface area contributed by atoms with Crippen molar-refractivity contribution in [2.45, 2.75) is 62.7 Å². The third kappa shape index (κ3) is 6.29. The lowest BCUT2D eigenvalue weighted by Crippen LogP contribution is -2.59. The van der Waals surface area contributed by atoms with E-state index in [1.165, 1.54) is 6.33 Å². The summed E-state index contributed by atoms with van der Waals surface area (Å²) in [5, 5.41) is 8.21. The van der Waals surface area contributed by atoms with Crippen molar-refractivity contribution in [3.05, 3.63) is 90.3 Å². The number of anilines is 2. The first-order valence-electron chi connectivity index (χ1n) is 21.2. The molecule has 3 N–H and O–H groups in total. The third-order valence-corrected chi connectivity index (χ3v) is 13.9. The van der Waals surface area contributed by atoms with Crippen molar-refractivity contribution in [2.75, 3.05) is 49.9 Å². The molecule has 3 aromatic carbocycles. The molecule has 306 valence electrons. The highest BCUT2D eigenvalue weighted by atomic mass is 16.5. The number of aromatic nitrogens is 4. The molecule has 1 aliphatic carbocycles. The number of nitrogens with two attached hydrogens (primary N) is 1. The number of para-hydroxylation sites is 1. The first kappa shape index (κ1) is 36.9. The minimum atomic E-state index is -0.961. The average Bonchev–Trinajstić information content (AvgIpc) is 3.99. The van der Waals surface area contributed by atoms with Crippen LogP contribution in [0.25, 0.3) is 22.3 Å². The van der Waals surface area contributed by atoms with E-state index in [1.807, 2.05) is 60.7 Å². The number of nitrogens with one attached hydrogen (secondary N) is 1. The molecule has 15 heteroatoms. The van der Waals surface area contributed by atoms with Crippen LogP contribution in [0.3, 0.4) is 0 Å². The quantitative estimate of drug-likeness (QED) is 0.211. The normalized spacial score (nSPS) is 26.1. The Morgan fingerprint density at radius 2 is 1.35 bits per heavy atom. The highest BCUT2D eigenvalue weighted by molar-refractivity contribution is 6.23. The number of nitrogen functional groups attached to an aromatic ring is 1. The largest absolute Gasteiger partial charge is 0.457 e. The molecule has 0 radical (unpaired) electrons. The lowest BCUT2D eigenvalue weighted by Gasteiger charge is -2.46. The number of ether oxygens (including phenoxy) is 1. The molecule has 60 heavy (non-hydrogen) atoms. The van der Waals surface area contributed by atoms with Crippen molar-refractivity contribution >= 4 is 46.2 Å². The molecule has 5 aromatic rings. The molecule has 4 saturated heterocycles. The Bertz CT molecular complexity index is 2520. The average molecular weight is 807 g/mol. The molecular formula is C45H46N10O5. The van der Waals surface area contributed by atoms with Crippen LogP contribution in [0.15, 0.2) is 79.1 Å². The number of hydrogen-bond acceptors (Lipinski definition) is 12. The zero-order chi connectivity index (χ0) is 40.6. The molecular weight excluding hydrogens is 761 g/mol. The Hall–Kier alpha value is -6.19. The lowest BCUT2D eigenvalue weighted by molar-refractivity contribution is -0.136. The van der Waals surface area contributed by atoms with Gasteiger partial charge in [0, 0.05) is 69.0 Å². The summed E-state index contributed by atoms with van der Waals surface area (Å²) in [5.41, 5.74) is 10.5. The molecule has 1 saturated carbocycles. The minimum absolute atomic E-state index is 0.102. The van der Waals surface area contributed by atoms with Crippen LogP contribution in [0, 0.1) is 11.8 Å². The van der Waals surface area contributed by atoms with Gasteiger partial charge in [-0.2, -0.15) is 5.10 Å². The number of hydrogen-bond donors (Lipinski definition) is 2. The van der Waals surface area contributed by atoms with Crippen LogP contribution < -0.4 is 20.7 Å². The van der Waals surface area contributed by atoms with Gasteiger partial charge < -0.3 is 15.4 Å². The molecule has 6 aliphatic rings. The molecule has 4 amide bonds. The van der Waals surface area contributed by atoms with E-state index in [2.05, 4.69) is 34.7 Å². The number of likely N-dealkylation sites (tertiary alicyclic amines) is 2. The van der Waals surface area contributed by atoms with Crippen LogP contribution in [0.5, 0.6) is 11.5 Å². The first-order valence-corrected chi connectivity index (χ1v) is 21.2. The number of carbonyl (C=O) groups is 4. The van der Waals surface area contributed by atoms with Crippen LogP contribution in [-0.2, 0) is 9.59 Å². The molecule has 0 bridgehead atoms. The molecule has 11 rings (SSSR count). The summed E-state index contributed by atoms with van der Waals surface area (Å²) in [7, 11) is 0. The van der Waals surface area contributed by atoms with Crippen molar-refractivity contribution < 1.29 is 23.9 Å². The van der Waals surface area contributed by atoms with E-state index in [0.717, 1.165) is 109 Å². The zero-order valence-corrected chi connectivity index (χ0v) is 33.2. The van der Waals surface area contributed by atoms with Gasteiger partial charge in [0.15, 0.2) is 5.65 Å². The fraction of sp³-hybridized carbons (Fsp3) is 0.400. The maximum Gasteiger partial charge on any atom is 0.262 e. The van der Waals surface area contributed by atoms with Gasteiger partial charge in [-0.25, -0.2) is 14.6 Å². The van der Waals surface area contributed by atoms with Crippen LogP contribution in [0.4, 0.5) is 11.5 Å². The smallest absolute Gasteiger partial charge is 0.262 e. The van der Waals surface area contributed by atoms with Crippen LogP contribution in [0.1, 0.15) is 65.3 Å². The second kappa shape index (κ2) is 14.5. The van der Waals surface area contributed by atoms with Crippen molar-refractivity contribution in [1.82, 2.24) is 39.8 Å². The predicted octanol–water partition coefficient (Wildman–Crippen LogP) is 4.51. The highest BCUT2D eigenvalue weighted by Crippen LogP contribution is 2.42. The summed E-state index contributed by atoms with van der Waals surface area (Å²) in [4.78, 5) is 68.4. The Morgan fingerprint density at radius 3 is 2.07 bits per heavy atom. The number of piperidine rings is 1. The molecule has 3 atom stereocenters. The number of nitrogens with zero attached hydrogens (tertiary/aromatic N) is 8. The molecule has 2 aromatic heterocycles. The van der Waals surface area contributed by atoms with E-state index < -0.39 is 23.8 Å². The van der Waals surface area contributed by atoms with Gasteiger partial charge in [-0.3, -0.25) is 39.2 Å². The number of imide groups is 2. The number of rotatable bonds is 8. The SMILES string of the molecule is Nc1ncnc2c1c(-c1ccc(Oc3ccccc3)cc1)nn2C1CCC(N2CC3CN(C4CN(c5ccc6c(c5)C(=O)N(C5CCC(=O)NC5=O)C6=O)C4)CC3C2)CC1. The summed E-state index contributed by atoms with van der Waals surface area (Å²) >= 11 is 0. The molecule has 5 fully saturated rings. The second-order valence-corrected chi connectivity index (χ2v) is 17.3. The van der Waals surface area contributed by atoms with E-state index in [-0.39, 0.29) is 24.8 Å². The van der Waals surface area contributed by atoms with Gasteiger partial charge in [-0.15, -0.1) is 0 Å². The fourth-order valence-electron chi connectivity index (χ4n) is 10.6. The van der Waals surface area contributed by atoms with E-state index in [9.17, 15) is 19.2 Å². The van der Waals surface area contributed by atoms with Crippen LogP contribution in [-0.4, -0.2) is 115 Å². The monoisotopic (exact) mass is 806 g/mol. The third-order valence-electron chi connectivity index (χ3n) is 13.9. The Morgan fingerprint density at radius 1 is 0.683 bits per heavy atom. The van der Waals surface area contributed by atoms with E-state index in [4.69, 9.17) is 15.6 Å². The summed E-state index contributed by atoms with van der Waals surface area (Å²) in [6, 6.07) is 23.4. The zero-order valence-electron chi connectivity index (χ0n) is 33.2. The highest BCUT2D eigenvalue weighted by Gasteiger charge is 2.48.